The molecule has 0 aliphatic carbocycles. The van der Waals surface area contributed by atoms with E-state index in [1.165, 1.54) is 11.0 Å². The summed E-state index contributed by atoms with van der Waals surface area (Å²) < 4.78 is 21.8. The van der Waals surface area contributed by atoms with Crippen LogP contribution in [-0.2, 0) is 18.9 Å². The van der Waals surface area contributed by atoms with Crippen molar-refractivity contribution in [3.8, 4) is 22.9 Å². The van der Waals surface area contributed by atoms with E-state index in [1.54, 1.807) is 55.2 Å². The number of aryl methyl sites for hydroxylation is 1. The summed E-state index contributed by atoms with van der Waals surface area (Å²) in [6.45, 7) is 2.56. The number of halogens is 1. The second kappa shape index (κ2) is 8.87. The standard InChI is InChI=1S/C26H25FN6O3/c1-15-10-16(26(34,35)32(2)3)4-5-18(15)21-13-30-25(33-14-17(11-28)31-24(21)33)29-12-20-19-8-9-36-23(19)7-6-22(20)27/h4-7,10,13-14,34-35H,8-9,12H2,1-3H3,(H,29,30). The third-order valence-electron chi connectivity index (χ3n) is 6.50. The molecule has 9 nitrogen and oxygen atoms in total. The number of benzene rings is 2. The van der Waals surface area contributed by atoms with Crippen molar-refractivity contribution in [2.45, 2.75) is 25.8 Å². The van der Waals surface area contributed by atoms with Crippen LogP contribution in [0.25, 0.3) is 16.8 Å². The van der Waals surface area contributed by atoms with Crippen LogP contribution in [0, 0.1) is 24.1 Å². The highest BCUT2D eigenvalue weighted by Gasteiger charge is 2.29. The summed E-state index contributed by atoms with van der Waals surface area (Å²) in [5.41, 5.74) is 4.60. The van der Waals surface area contributed by atoms with Crippen molar-refractivity contribution < 1.29 is 19.3 Å². The highest BCUT2D eigenvalue weighted by Crippen LogP contribution is 2.33. The lowest BCUT2D eigenvalue weighted by Gasteiger charge is -2.29. The van der Waals surface area contributed by atoms with Gasteiger partial charge in [0.25, 0.3) is 5.91 Å². The number of anilines is 1. The molecule has 0 unspecified atom stereocenters. The van der Waals surface area contributed by atoms with Gasteiger partial charge in [0.05, 0.1) is 12.8 Å². The molecule has 0 saturated carbocycles. The lowest BCUT2D eigenvalue weighted by Crippen LogP contribution is -2.41. The van der Waals surface area contributed by atoms with E-state index in [4.69, 9.17) is 4.74 Å². The zero-order valence-electron chi connectivity index (χ0n) is 20.1. The van der Waals surface area contributed by atoms with Crippen LogP contribution in [0.3, 0.4) is 0 Å². The monoisotopic (exact) mass is 488 g/mol. The number of rotatable bonds is 6. The first-order valence-corrected chi connectivity index (χ1v) is 11.4. The Kier molecular flexibility index (Phi) is 5.84. The SMILES string of the molecule is Cc1cc(C(O)(O)N(C)C)ccc1-c1cnc(NCc2c(F)ccc3c2CCO3)n2cc(C#N)nc12. The summed E-state index contributed by atoms with van der Waals surface area (Å²) in [5.74, 6) is -1.34. The lowest BCUT2D eigenvalue weighted by atomic mass is 9.98. The Morgan fingerprint density at radius 3 is 2.78 bits per heavy atom. The average molecular weight is 489 g/mol. The summed E-state index contributed by atoms with van der Waals surface area (Å²) in [6.07, 6.45) is 3.85. The first-order chi connectivity index (χ1) is 17.2. The highest BCUT2D eigenvalue weighted by atomic mass is 19.1. The van der Waals surface area contributed by atoms with Crippen LogP contribution >= 0.6 is 0 Å². The molecule has 36 heavy (non-hydrogen) atoms. The average Bonchev–Trinajstić information content (AvgIpc) is 3.51. The van der Waals surface area contributed by atoms with E-state index in [-0.39, 0.29) is 18.1 Å². The van der Waals surface area contributed by atoms with Gasteiger partial charge in [0.2, 0.25) is 5.95 Å². The molecule has 0 fully saturated rings. The van der Waals surface area contributed by atoms with E-state index < -0.39 is 5.91 Å². The van der Waals surface area contributed by atoms with Crippen molar-refractivity contribution in [1.82, 2.24) is 19.3 Å². The number of nitrogens with zero attached hydrogens (tertiary/aromatic N) is 5. The minimum atomic E-state index is -2.12. The number of imidazole rings is 1. The normalized spacial score (nSPS) is 13.1. The first-order valence-electron chi connectivity index (χ1n) is 11.4. The Balaban J connectivity index is 1.53. The number of nitrogens with one attached hydrogen (secondary N) is 1. The summed E-state index contributed by atoms with van der Waals surface area (Å²) in [7, 11) is 3.14. The number of aromatic nitrogens is 3. The van der Waals surface area contributed by atoms with Crippen LogP contribution in [0.5, 0.6) is 5.75 Å². The van der Waals surface area contributed by atoms with E-state index in [0.717, 1.165) is 16.7 Å². The summed E-state index contributed by atoms with van der Waals surface area (Å²) in [4.78, 5) is 10.3. The summed E-state index contributed by atoms with van der Waals surface area (Å²) >= 11 is 0. The van der Waals surface area contributed by atoms with Crippen LogP contribution < -0.4 is 10.1 Å². The predicted molar refractivity (Wildman–Crippen MR) is 131 cm³/mol. The second-order valence-corrected chi connectivity index (χ2v) is 8.94. The number of hydrogen-bond acceptors (Lipinski definition) is 8. The molecule has 1 aliphatic heterocycles. The molecule has 4 aromatic rings. The maximum atomic E-state index is 14.6. The quantitative estimate of drug-likeness (QED) is 0.355. The van der Waals surface area contributed by atoms with E-state index in [0.29, 0.717) is 47.1 Å². The molecule has 5 rings (SSSR count). The van der Waals surface area contributed by atoms with Crippen molar-refractivity contribution in [3.05, 3.63) is 76.5 Å². The third-order valence-corrected chi connectivity index (χ3v) is 6.50. The molecule has 0 radical (unpaired) electrons. The summed E-state index contributed by atoms with van der Waals surface area (Å²) in [6, 6.07) is 10.2. The van der Waals surface area contributed by atoms with Crippen LogP contribution in [0.15, 0.2) is 42.7 Å². The molecule has 10 heteroatoms. The molecule has 2 aromatic carbocycles. The van der Waals surface area contributed by atoms with Gasteiger partial charge < -0.3 is 20.3 Å². The fourth-order valence-electron chi connectivity index (χ4n) is 4.46. The van der Waals surface area contributed by atoms with Crippen LogP contribution in [-0.4, -0.2) is 50.2 Å². The molecule has 1 aliphatic rings. The summed E-state index contributed by atoms with van der Waals surface area (Å²) in [5, 5.41) is 33.5. The van der Waals surface area contributed by atoms with Gasteiger partial charge >= 0.3 is 0 Å². The number of nitriles is 1. The van der Waals surface area contributed by atoms with Crippen LogP contribution in [0.2, 0.25) is 0 Å². The van der Waals surface area contributed by atoms with E-state index in [1.807, 2.05) is 6.92 Å². The Hall–Kier alpha value is -4.04. The van der Waals surface area contributed by atoms with Gasteiger partial charge in [-0.3, -0.25) is 9.30 Å². The van der Waals surface area contributed by atoms with Gasteiger partial charge in [-0.15, -0.1) is 0 Å². The number of aliphatic hydroxyl groups is 2. The van der Waals surface area contributed by atoms with Crippen LogP contribution in [0.1, 0.15) is 27.9 Å². The van der Waals surface area contributed by atoms with E-state index in [2.05, 4.69) is 21.4 Å². The minimum Gasteiger partial charge on any atom is -0.493 e. The van der Waals surface area contributed by atoms with Gasteiger partial charge in [-0.05, 0) is 50.3 Å². The smallest absolute Gasteiger partial charge is 0.252 e. The van der Waals surface area contributed by atoms with Crippen LogP contribution in [0.4, 0.5) is 10.3 Å². The topological polar surface area (TPSA) is 119 Å². The Morgan fingerprint density at radius 2 is 2.06 bits per heavy atom. The van der Waals surface area contributed by atoms with Gasteiger partial charge in [-0.2, -0.15) is 5.26 Å². The molecular weight excluding hydrogens is 463 g/mol. The van der Waals surface area contributed by atoms with E-state index in [9.17, 15) is 19.9 Å². The van der Waals surface area contributed by atoms with Crippen molar-refractivity contribution >= 4 is 11.6 Å². The highest BCUT2D eigenvalue weighted by molar-refractivity contribution is 5.80. The fraction of sp³-hybridized carbons (Fsp3) is 0.269. The molecule has 0 spiro atoms. The number of ether oxygens (including phenoxy) is 1. The zero-order valence-corrected chi connectivity index (χ0v) is 20.1. The molecular formula is C26H25FN6O3. The van der Waals surface area contributed by atoms with Crippen molar-refractivity contribution in [2.75, 3.05) is 26.0 Å². The van der Waals surface area contributed by atoms with Gasteiger partial charge in [-0.25, -0.2) is 14.4 Å². The van der Waals surface area contributed by atoms with Gasteiger partial charge in [0.15, 0.2) is 11.3 Å². The predicted octanol–water partition coefficient (Wildman–Crippen LogP) is 2.92. The molecule has 0 bridgehead atoms. The molecule has 3 heterocycles. The Bertz CT molecular complexity index is 1520. The lowest BCUT2D eigenvalue weighted by molar-refractivity contribution is -0.259. The second-order valence-electron chi connectivity index (χ2n) is 8.94. The maximum Gasteiger partial charge on any atom is 0.252 e. The molecule has 184 valence electrons. The van der Waals surface area contributed by atoms with Gasteiger partial charge in [0.1, 0.15) is 17.6 Å². The fourth-order valence-corrected chi connectivity index (χ4v) is 4.46. The number of fused-ring (bicyclic) bond motifs is 2. The molecule has 0 amide bonds. The van der Waals surface area contributed by atoms with E-state index >= 15 is 0 Å². The van der Waals surface area contributed by atoms with Crippen molar-refractivity contribution in [3.63, 3.8) is 0 Å². The molecule has 0 atom stereocenters. The zero-order chi connectivity index (χ0) is 25.6. The first kappa shape index (κ1) is 23.7. The Labute approximate surface area is 207 Å². The molecule has 3 N–H and O–H groups in total. The molecule has 0 saturated heterocycles. The maximum absolute atomic E-state index is 14.6. The largest absolute Gasteiger partial charge is 0.493 e. The van der Waals surface area contributed by atoms with Gasteiger partial charge in [0, 0.05) is 41.4 Å². The van der Waals surface area contributed by atoms with Gasteiger partial charge in [-0.1, -0.05) is 12.1 Å². The van der Waals surface area contributed by atoms with Crippen molar-refractivity contribution in [1.29, 1.82) is 5.26 Å². The minimum absolute atomic E-state index is 0.188. The third kappa shape index (κ3) is 3.93. The molecule has 2 aromatic heterocycles. The number of hydrogen-bond donors (Lipinski definition) is 3. The van der Waals surface area contributed by atoms with Crippen molar-refractivity contribution in [2.24, 2.45) is 0 Å². The Morgan fingerprint density at radius 1 is 1.25 bits per heavy atom.